The van der Waals surface area contributed by atoms with Crippen LogP contribution < -0.4 is 5.73 Å². The average molecular weight is 406 g/mol. The molecule has 2 atom stereocenters. The molecule has 1 saturated heterocycles. The molecule has 10 heteroatoms. The summed E-state index contributed by atoms with van der Waals surface area (Å²) >= 11 is 0. The first-order valence-corrected chi connectivity index (χ1v) is 9.81. The standard InChI is InChI=1S/C20H22N8O2/c1-11(2)27-9-24-13-5-12(3-4-14(13)27)20(30)26-6-15(16(29)7-26)28-10-25-17-18(21)22-8-23-19(17)28/h3-5,8-11,15-16,29H,6-7H2,1-2H3,(H2,21,22,23)/t15-,16-/m1/s1. The number of hydrogen-bond donors (Lipinski definition) is 2. The van der Waals surface area contributed by atoms with Crippen molar-refractivity contribution in [1.29, 1.82) is 0 Å². The van der Waals surface area contributed by atoms with E-state index in [4.69, 9.17) is 5.73 Å². The Hall–Kier alpha value is -3.53. The number of hydrogen-bond acceptors (Lipinski definition) is 7. The zero-order chi connectivity index (χ0) is 21.0. The van der Waals surface area contributed by atoms with E-state index in [0.717, 1.165) is 11.0 Å². The summed E-state index contributed by atoms with van der Waals surface area (Å²) < 4.78 is 3.83. The van der Waals surface area contributed by atoms with E-state index >= 15 is 0 Å². The number of β-amino-alcohol motifs (C(OH)–C–C–N with tert-alkyl or cyclic N) is 1. The summed E-state index contributed by atoms with van der Waals surface area (Å²) in [6.45, 7) is 4.74. The fourth-order valence-electron chi connectivity index (χ4n) is 4.08. The lowest BCUT2D eigenvalue weighted by Crippen LogP contribution is -2.29. The summed E-state index contributed by atoms with van der Waals surface area (Å²) in [6, 6.07) is 5.45. The van der Waals surface area contributed by atoms with Gasteiger partial charge in [-0.15, -0.1) is 0 Å². The van der Waals surface area contributed by atoms with E-state index in [1.165, 1.54) is 6.33 Å². The van der Waals surface area contributed by atoms with Crippen molar-refractivity contribution in [1.82, 2.24) is 34.0 Å². The number of carbonyl (C=O) groups excluding carboxylic acids is 1. The largest absolute Gasteiger partial charge is 0.389 e. The first-order chi connectivity index (χ1) is 14.4. The maximum Gasteiger partial charge on any atom is 0.254 e. The van der Waals surface area contributed by atoms with Crippen LogP contribution in [0.3, 0.4) is 0 Å². The quantitative estimate of drug-likeness (QED) is 0.526. The van der Waals surface area contributed by atoms with Gasteiger partial charge in [0.1, 0.15) is 11.8 Å². The molecule has 154 valence electrons. The Morgan fingerprint density at radius 2 is 2.00 bits per heavy atom. The lowest BCUT2D eigenvalue weighted by atomic mass is 10.1. The molecule has 0 radical (unpaired) electrons. The Balaban J connectivity index is 1.42. The SMILES string of the molecule is CC(C)n1cnc2cc(C(=O)N3C[C@@H](O)[C@H](n4cnc5c(N)ncnc54)C3)ccc21. The third-order valence-corrected chi connectivity index (χ3v) is 5.67. The third-order valence-electron chi connectivity index (χ3n) is 5.67. The number of nitrogen functional groups attached to an aromatic ring is 1. The summed E-state index contributed by atoms with van der Waals surface area (Å²) in [5.74, 6) is 0.143. The van der Waals surface area contributed by atoms with Gasteiger partial charge in [0.2, 0.25) is 0 Å². The second-order valence-corrected chi connectivity index (χ2v) is 7.88. The van der Waals surface area contributed by atoms with E-state index in [9.17, 15) is 9.90 Å². The topological polar surface area (TPSA) is 128 Å². The van der Waals surface area contributed by atoms with Crippen molar-refractivity contribution in [3.05, 3.63) is 42.7 Å². The molecule has 4 heterocycles. The van der Waals surface area contributed by atoms with Crippen LogP contribution in [0, 0.1) is 0 Å². The normalized spacial score (nSPS) is 19.4. The minimum Gasteiger partial charge on any atom is -0.389 e. The first-order valence-electron chi connectivity index (χ1n) is 9.81. The van der Waals surface area contributed by atoms with Crippen LogP contribution in [0.1, 0.15) is 36.3 Å². The number of likely N-dealkylation sites (tertiary alicyclic amines) is 1. The molecule has 0 bridgehead atoms. The Bertz CT molecular complexity index is 1260. The van der Waals surface area contributed by atoms with Crippen molar-refractivity contribution in [3.63, 3.8) is 0 Å². The number of imidazole rings is 2. The van der Waals surface area contributed by atoms with Crippen LogP contribution in [-0.4, -0.2) is 64.2 Å². The number of benzene rings is 1. The van der Waals surface area contributed by atoms with E-state index in [1.807, 2.05) is 12.1 Å². The van der Waals surface area contributed by atoms with Gasteiger partial charge >= 0.3 is 0 Å². The van der Waals surface area contributed by atoms with E-state index in [-0.39, 0.29) is 30.4 Å². The number of nitrogens with two attached hydrogens (primary N) is 1. The molecule has 1 fully saturated rings. The van der Waals surface area contributed by atoms with Gasteiger partial charge in [0.15, 0.2) is 11.5 Å². The lowest BCUT2D eigenvalue weighted by molar-refractivity contribution is 0.0765. The fraction of sp³-hybridized carbons (Fsp3) is 0.350. The molecule has 1 amide bonds. The molecular formula is C20H22N8O2. The fourth-order valence-corrected chi connectivity index (χ4v) is 4.08. The molecule has 10 nitrogen and oxygen atoms in total. The Kier molecular flexibility index (Phi) is 4.17. The van der Waals surface area contributed by atoms with Gasteiger partial charge in [0.25, 0.3) is 5.91 Å². The summed E-state index contributed by atoms with van der Waals surface area (Å²) in [4.78, 5) is 31.6. The van der Waals surface area contributed by atoms with Crippen molar-refractivity contribution >= 4 is 33.9 Å². The smallest absolute Gasteiger partial charge is 0.254 e. The molecule has 0 unspecified atom stereocenters. The van der Waals surface area contributed by atoms with Crippen molar-refractivity contribution in [3.8, 4) is 0 Å². The molecular weight excluding hydrogens is 384 g/mol. The van der Waals surface area contributed by atoms with Crippen LogP contribution in [-0.2, 0) is 0 Å². The van der Waals surface area contributed by atoms with Crippen LogP contribution >= 0.6 is 0 Å². The molecule has 0 spiro atoms. The molecule has 30 heavy (non-hydrogen) atoms. The molecule has 0 saturated carbocycles. The molecule has 5 rings (SSSR count). The number of aromatic nitrogens is 6. The van der Waals surface area contributed by atoms with Gasteiger partial charge in [0, 0.05) is 24.7 Å². The van der Waals surface area contributed by atoms with Gasteiger partial charge in [-0.3, -0.25) is 4.79 Å². The lowest BCUT2D eigenvalue weighted by Gasteiger charge is -2.17. The van der Waals surface area contributed by atoms with E-state index in [2.05, 4.69) is 38.4 Å². The van der Waals surface area contributed by atoms with Crippen molar-refractivity contribution < 1.29 is 9.90 Å². The third kappa shape index (κ3) is 2.79. The Labute approximate surface area is 172 Å². The minimum absolute atomic E-state index is 0.142. The molecule has 1 aliphatic rings. The summed E-state index contributed by atoms with van der Waals surface area (Å²) in [5.41, 5.74) is 9.20. The number of aliphatic hydroxyl groups excluding tert-OH is 1. The molecule has 3 N–H and O–H groups in total. The molecule has 3 aromatic heterocycles. The van der Waals surface area contributed by atoms with Gasteiger partial charge in [-0.25, -0.2) is 19.9 Å². The number of anilines is 1. The second kappa shape index (κ2) is 6.77. The van der Waals surface area contributed by atoms with Gasteiger partial charge in [-0.2, -0.15) is 0 Å². The summed E-state index contributed by atoms with van der Waals surface area (Å²) in [5, 5.41) is 10.7. The molecule has 0 aliphatic carbocycles. The summed E-state index contributed by atoms with van der Waals surface area (Å²) in [7, 11) is 0. The van der Waals surface area contributed by atoms with Crippen LogP contribution in [0.2, 0.25) is 0 Å². The van der Waals surface area contributed by atoms with Crippen molar-refractivity contribution in [2.75, 3.05) is 18.8 Å². The Morgan fingerprint density at radius 3 is 2.80 bits per heavy atom. The maximum absolute atomic E-state index is 13.1. The number of amides is 1. The second-order valence-electron chi connectivity index (χ2n) is 7.88. The monoisotopic (exact) mass is 406 g/mol. The average Bonchev–Trinajstić information content (AvgIpc) is 3.43. The van der Waals surface area contributed by atoms with Crippen LogP contribution in [0.15, 0.2) is 37.2 Å². The molecule has 1 aliphatic heterocycles. The minimum atomic E-state index is -0.744. The van der Waals surface area contributed by atoms with E-state index < -0.39 is 6.10 Å². The van der Waals surface area contributed by atoms with Gasteiger partial charge in [-0.1, -0.05) is 0 Å². The van der Waals surface area contributed by atoms with Crippen molar-refractivity contribution in [2.24, 2.45) is 0 Å². The number of aliphatic hydroxyl groups is 1. The highest BCUT2D eigenvalue weighted by Crippen LogP contribution is 2.28. The number of nitrogens with zero attached hydrogens (tertiary/aromatic N) is 7. The zero-order valence-corrected chi connectivity index (χ0v) is 16.7. The highest BCUT2D eigenvalue weighted by atomic mass is 16.3. The predicted molar refractivity (Wildman–Crippen MR) is 111 cm³/mol. The summed E-state index contributed by atoms with van der Waals surface area (Å²) in [6.07, 6.45) is 4.00. The highest BCUT2D eigenvalue weighted by Gasteiger charge is 2.36. The van der Waals surface area contributed by atoms with E-state index in [1.54, 1.807) is 28.2 Å². The van der Waals surface area contributed by atoms with Crippen LogP contribution in [0.25, 0.3) is 22.2 Å². The van der Waals surface area contributed by atoms with Gasteiger partial charge in [-0.05, 0) is 32.0 Å². The highest BCUT2D eigenvalue weighted by molar-refractivity contribution is 5.97. The first kappa shape index (κ1) is 18.5. The number of fused-ring (bicyclic) bond motifs is 2. The van der Waals surface area contributed by atoms with Crippen molar-refractivity contribution in [2.45, 2.75) is 32.0 Å². The zero-order valence-electron chi connectivity index (χ0n) is 16.7. The maximum atomic E-state index is 13.1. The van der Waals surface area contributed by atoms with Gasteiger partial charge in [0.05, 0.1) is 35.8 Å². The molecule has 4 aromatic rings. The Morgan fingerprint density at radius 1 is 1.17 bits per heavy atom. The van der Waals surface area contributed by atoms with E-state index in [0.29, 0.717) is 23.3 Å². The number of rotatable bonds is 3. The molecule has 1 aromatic carbocycles. The van der Waals surface area contributed by atoms with Crippen LogP contribution in [0.4, 0.5) is 5.82 Å². The number of carbonyl (C=O) groups is 1. The van der Waals surface area contributed by atoms with Crippen LogP contribution in [0.5, 0.6) is 0 Å². The van der Waals surface area contributed by atoms with Gasteiger partial charge < -0.3 is 24.9 Å². The predicted octanol–water partition coefficient (Wildman–Crippen LogP) is 1.40.